The van der Waals surface area contributed by atoms with Gasteiger partial charge in [0.1, 0.15) is 0 Å². The summed E-state index contributed by atoms with van der Waals surface area (Å²) in [6.45, 7) is 1.70. The van der Waals surface area contributed by atoms with Gasteiger partial charge >= 0.3 is 51.4 Å². The first-order valence-corrected chi connectivity index (χ1v) is 2.69. The SMILES string of the molecule is O=[C-]ON1CCCC1=O.[K+]. The molecule has 0 saturated carbocycles. The van der Waals surface area contributed by atoms with Crippen LogP contribution in [0.4, 0.5) is 0 Å². The summed E-state index contributed by atoms with van der Waals surface area (Å²) in [5.41, 5.74) is 0. The van der Waals surface area contributed by atoms with E-state index in [1.165, 1.54) is 6.47 Å². The Hall–Kier alpha value is 0.576. The van der Waals surface area contributed by atoms with Crippen LogP contribution in [0.3, 0.4) is 0 Å². The summed E-state index contributed by atoms with van der Waals surface area (Å²) >= 11 is 0. The first-order valence-electron chi connectivity index (χ1n) is 2.69. The number of carbonyl (C=O) groups is 1. The van der Waals surface area contributed by atoms with Crippen LogP contribution >= 0.6 is 0 Å². The summed E-state index contributed by atoms with van der Waals surface area (Å²) in [6.07, 6.45) is 1.24. The quantitative estimate of drug-likeness (QED) is 0.318. The number of hydrogen-bond donors (Lipinski definition) is 0. The van der Waals surface area contributed by atoms with Crippen molar-refractivity contribution in [3.63, 3.8) is 0 Å². The molecule has 0 aromatic rings. The minimum Gasteiger partial charge on any atom is -0.542 e. The Labute approximate surface area is 101 Å². The summed E-state index contributed by atoms with van der Waals surface area (Å²) in [6, 6.07) is 0. The van der Waals surface area contributed by atoms with Crippen LogP contribution in [-0.4, -0.2) is 24.0 Å². The zero-order chi connectivity index (χ0) is 6.69. The van der Waals surface area contributed by atoms with Crippen LogP contribution in [0.15, 0.2) is 0 Å². The Kier molecular flexibility index (Phi) is 5.56. The van der Waals surface area contributed by atoms with E-state index in [2.05, 4.69) is 4.84 Å². The van der Waals surface area contributed by atoms with Crippen molar-refractivity contribution < 1.29 is 65.8 Å². The molecule has 5 heteroatoms. The Balaban J connectivity index is 0.000000810. The van der Waals surface area contributed by atoms with Crippen molar-refractivity contribution in [3.8, 4) is 0 Å². The van der Waals surface area contributed by atoms with Gasteiger partial charge in [-0.05, 0) is 12.9 Å². The zero-order valence-electron chi connectivity index (χ0n) is 5.79. The van der Waals surface area contributed by atoms with E-state index in [0.717, 1.165) is 11.5 Å². The fraction of sp³-hybridized carbons (Fsp3) is 0.600. The van der Waals surface area contributed by atoms with Crippen molar-refractivity contribution in [2.24, 2.45) is 0 Å². The fourth-order valence-corrected chi connectivity index (χ4v) is 0.765. The Morgan fingerprint density at radius 1 is 1.60 bits per heavy atom. The summed E-state index contributed by atoms with van der Waals surface area (Å²) in [4.78, 5) is 24.3. The van der Waals surface area contributed by atoms with Crippen LogP contribution in [0.25, 0.3) is 0 Å². The van der Waals surface area contributed by atoms with Gasteiger partial charge < -0.3 is 9.63 Å². The molecule has 1 fully saturated rings. The van der Waals surface area contributed by atoms with Gasteiger partial charge in [-0.2, -0.15) is 0 Å². The van der Waals surface area contributed by atoms with Crippen LogP contribution in [0.2, 0.25) is 0 Å². The third kappa shape index (κ3) is 2.67. The van der Waals surface area contributed by atoms with Crippen LogP contribution in [0.1, 0.15) is 12.8 Å². The molecular formula is C5H6KNO3. The van der Waals surface area contributed by atoms with E-state index in [9.17, 15) is 9.59 Å². The molecule has 0 aromatic carbocycles. The predicted octanol–water partition coefficient (Wildman–Crippen LogP) is -3.39. The van der Waals surface area contributed by atoms with Crippen molar-refractivity contribution in [3.05, 3.63) is 0 Å². The number of hydroxylamine groups is 2. The Morgan fingerprint density at radius 2 is 2.30 bits per heavy atom. The first kappa shape index (κ1) is 10.6. The maximum atomic E-state index is 10.6. The molecule has 10 heavy (non-hydrogen) atoms. The van der Waals surface area contributed by atoms with Crippen molar-refractivity contribution in [2.45, 2.75) is 12.8 Å². The van der Waals surface area contributed by atoms with Crippen LogP contribution in [-0.2, 0) is 14.4 Å². The van der Waals surface area contributed by atoms with E-state index in [1.54, 1.807) is 0 Å². The van der Waals surface area contributed by atoms with Crippen molar-refractivity contribution in [1.29, 1.82) is 0 Å². The minimum atomic E-state index is -0.140. The van der Waals surface area contributed by atoms with Gasteiger partial charge in [-0.25, -0.2) is 5.06 Å². The van der Waals surface area contributed by atoms with Crippen molar-refractivity contribution >= 4 is 12.4 Å². The molecule has 0 atom stereocenters. The molecule has 1 aliphatic heterocycles. The van der Waals surface area contributed by atoms with Gasteiger partial charge in [0.2, 0.25) is 0 Å². The van der Waals surface area contributed by atoms with Crippen LogP contribution in [0, 0.1) is 0 Å². The van der Waals surface area contributed by atoms with Gasteiger partial charge in [0.25, 0.3) is 5.91 Å². The average molecular weight is 167 g/mol. The monoisotopic (exact) mass is 167 g/mol. The number of amides is 1. The predicted molar refractivity (Wildman–Crippen MR) is 27.7 cm³/mol. The molecule has 0 radical (unpaired) electrons. The number of rotatable bonds is 2. The van der Waals surface area contributed by atoms with E-state index in [-0.39, 0.29) is 57.3 Å². The second-order valence-corrected chi connectivity index (χ2v) is 1.77. The molecule has 4 nitrogen and oxygen atoms in total. The van der Waals surface area contributed by atoms with E-state index >= 15 is 0 Å². The second kappa shape index (κ2) is 5.26. The third-order valence-corrected chi connectivity index (χ3v) is 1.18. The van der Waals surface area contributed by atoms with Gasteiger partial charge in [0, 0.05) is 6.42 Å². The maximum Gasteiger partial charge on any atom is 1.00 e. The summed E-state index contributed by atoms with van der Waals surface area (Å²) in [7, 11) is 0. The number of carbonyl (C=O) groups excluding carboxylic acids is 2. The largest absolute Gasteiger partial charge is 1.00 e. The molecule has 1 rings (SSSR count). The first-order chi connectivity index (χ1) is 4.34. The minimum absolute atomic E-state index is 0. The summed E-state index contributed by atoms with van der Waals surface area (Å²) in [5, 5.41) is 1.02. The molecule has 0 unspecified atom stereocenters. The standard InChI is InChI=1S/C5H6NO3.K/c7-4-9-6-3-1-2-5(6)8;/h1-3H2;/q-1;+1. The Morgan fingerprint density at radius 3 is 2.70 bits per heavy atom. The van der Waals surface area contributed by atoms with Gasteiger partial charge in [0.05, 0.1) is 6.54 Å². The molecule has 1 heterocycles. The van der Waals surface area contributed by atoms with Gasteiger partial charge in [-0.1, -0.05) is 0 Å². The third-order valence-electron chi connectivity index (χ3n) is 1.18. The topological polar surface area (TPSA) is 46.6 Å². The molecule has 1 aliphatic rings. The molecule has 0 aromatic heterocycles. The molecule has 0 bridgehead atoms. The van der Waals surface area contributed by atoms with Gasteiger partial charge in [-0.3, -0.25) is 4.79 Å². The maximum absolute atomic E-state index is 10.6. The molecule has 50 valence electrons. The number of nitrogens with zero attached hydrogens (tertiary/aromatic N) is 1. The molecule has 0 aliphatic carbocycles. The Bertz CT molecular complexity index is 139. The molecule has 1 amide bonds. The number of hydrogen-bond acceptors (Lipinski definition) is 3. The normalized spacial score (nSPS) is 16.4. The fourth-order valence-electron chi connectivity index (χ4n) is 0.765. The van der Waals surface area contributed by atoms with E-state index in [1.807, 2.05) is 0 Å². The molecule has 0 N–H and O–H groups in total. The van der Waals surface area contributed by atoms with E-state index in [4.69, 9.17) is 0 Å². The molecule has 0 spiro atoms. The van der Waals surface area contributed by atoms with Crippen LogP contribution < -0.4 is 51.4 Å². The van der Waals surface area contributed by atoms with Crippen molar-refractivity contribution in [2.75, 3.05) is 6.54 Å². The smallest absolute Gasteiger partial charge is 0.542 e. The van der Waals surface area contributed by atoms with Gasteiger partial charge in [-0.15, -0.1) is 0 Å². The summed E-state index contributed by atoms with van der Waals surface area (Å²) in [5.74, 6) is -0.140. The molecule has 1 saturated heterocycles. The van der Waals surface area contributed by atoms with Gasteiger partial charge in [0.15, 0.2) is 0 Å². The second-order valence-electron chi connectivity index (χ2n) is 1.77. The van der Waals surface area contributed by atoms with Crippen LogP contribution in [0.5, 0.6) is 0 Å². The average Bonchev–Trinajstić information content (AvgIpc) is 2.18. The van der Waals surface area contributed by atoms with E-state index < -0.39 is 0 Å². The summed E-state index contributed by atoms with van der Waals surface area (Å²) < 4.78 is 0. The zero-order valence-corrected chi connectivity index (χ0v) is 8.92. The molecular weight excluding hydrogens is 161 g/mol. The van der Waals surface area contributed by atoms with Crippen molar-refractivity contribution in [1.82, 2.24) is 5.06 Å². The van der Waals surface area contributed by atoms with E-state index in [0.29, 0.717) is 13.0 Å².